The van der Waals surface area contributed by atoms with Crippen molar-refractivity contribution in [3.8, 4) is 18.2 Å². The van der Waals surface area contributed by atoms with Gasteiger partial charge in [0.1, 0.15) is 17.1 Å². The summed E-state index contributed by atoms with van der Waals surface area (Å²) >= 11 is 1.35. The second-order valence-corrected chi connectivity index (χ2v) is 8.74. The number of thioether (sulfide) groups is 1. The van der Waals surface area contributed by atoms with Gasteiger partial charge in [0.05, 0.1) is 26.0 Å². The molecule has 4 rings (SSSR count). The smallest absolute Gasteiger partial charge is 0.409 e. The molecule has 1 fully saturated rings. The summed E-state index contributed by atoms with van der Waals surface area (Å²) in [7, 11) is 1.29. The highest BCUT2D eigenvalue weighted by Gasteiger charge is 2.52. The first-order valence-corrected chi connectivity index (χ1v) is 11.2. The van der Waals surface area contributed by atoms with Crippen LogP contribution in [0.25, 0.3) is 11.9 Å². The number of carbonyl (C=O) groups excluding carboxylic acids is 1. The van der Waals surface area contributed by atoms with E-state index in [9.17, 15) is 9.18 Å². The molecule has 0 spiro atoms. The Kier molecular flexibility index (Phi) is 6.70. The van der Waals surface area contributed by atoms with Gasteiger partial charge in [0.2, 0.25) is 5.88 Å². The van der Waals surface area contributed by atoms with E-state index in [0.29, 0.717) is 23.0 Å². The molecule has 176 valence electrons. The van der Waals surface area contributed by atoms with Crippen LogP contribution in [0.4, 0.5) is 13.6 Å². The van der Waals surface area contributed by atoms with Crippen LogP contribution in [0, 0.1) is 24.1 Å². The molecule has 1 amide bonds. The normalized spacial score (nSPS) is 21.9. The molecule has 1 aromatic carbocycles. The average Bonchev–Trinajstić information content (AvgIpc) is 3.23. The maximum atomic E-state index is 15.1. The van der Waals surface area contributed by atoms with E-state index in [2.05, 4.69) is 20.9 Å². The van der Waals surface area contributed by atoms with Crippen LogP contribution in [0.3, 0.4) is 0 Å². The molecule has 2 aromatic rings. The number of aromatic nitrogens is 2. The van der Waals surface area contributed by atoms with Crippen LogP contribution in [0.5, 0.6) is 5.88 Å². The number of likely N-dealkylation sites (tertiary alicyclic amines) is 1. The van der Waals surface area contributed by atoms with Crippen molar-refractivity contribution < 1.29 is 23.0 Å². The number of halogens is 2. The molecule has 0 unspecified atom stereocenters. The summed E-state index contributed by atoms with van der Waals surface area (Å²) in [6, 6.07) is 4.21. The van der Waals surface area contributed by atoms with Gasteiger partial charge in [-0.25, -0.2) is 28.5 Å². The number of methoxy groups -OCH3 is 1. The standard InChI is InChI=1S/C23H21F2N5O3S/c1-3-6-33-20-10-27-19(9-28-20)18(25)8-14-4-5-17(24)16(7-14)23-13-30(22(31)32-2)11-15(23)12-34-21(26)29-23/h1,4-5,7-10,15H,6,11-13H2,2H3,(H2,26,29)/b18-8-/t15-,23-/m0/s1. The molecule has 2 aliphatic heterocycles. The molecule has 34 heavy (non-hydrogen) atoms. The van der Waals surface area contributed by atoms with E-state index in [0.717, 1.165) is 0 Å². The maximum absolute atomic E-state index is 15.1. The largest absolute Gasteiger partial charge is 0.463 e. The predicted octanol–water partition coefficient (Wildman–Crippen LogP) is 3.05. The van der Waals surface area contributed by atoms with Gasteiger partial charge in [-0.2, -0.15) is 0 Å². The number of nitrogens with zero attached hydrogens (tertiary/aromatic N) is 4. The molecule has 3 heterocycles. The first-order chi connectivity index (χ1) is 16.4. The van der Waals surface area contributed by atoms with Gasteiger partial charge in [-0.15, -0.1) is 6.42 Å². The minimum atomic E-state index is -1.09. The molecule has 0 bridgehead atoms. The molecule has 2 aliphatic rings. The first-order valence-electron chi connectivity index (χ1n) is 10.2. The van der Waals surface area contributed by atoms with Crippen molar-refractivity contribution in [2.75, 3.05) is 32.6 Å². The summed E-state index contributed by atoms with van der Waals surface area (Å²) in [5.41, 5.74) is 5.51. The third-order valence-electron chi connectivity index (χ3n) is 5.65. The number of carbonyl (C=O) groups is 1. The Morgan fingerprint density at radius 3 is 2.97 bits per heavy atom. The molecular weight excluding hydrogens is 464 g/mol. The van der Waals surface area contributed by atoms with Crippen LogP contribution in [0.1, 0.15) is 16.8 Å². The first kappa shape index (κ1) is 23.5. The Labute approximate surface area is 199 Å². The van der Waals surface area contributed by atoms with E-state index < -0.39 is 23.3 Å². The zero-order chi connectivity index (χ0) is 24.3. The number of aliphatic imine (C=N–C) groups is 1. The van der Waals surface area contributed by atoms with Gasteiger partial charge < -0.3 is 20.1 Å². The van der Waals surface area contributed by atoms with Crippen molar-refractivity contribution in [3.05, 3.63) is 53.2 Å². The number of ether oxygens (including phenoxy) is 2. The van der Waals surface area contributed by atoms with E-state index >= 15 is 4.39 Å². The number of amides is 1. The van der Waals surface area contributed by atoms with Gasteiger partial charge in [0.15, 0.2) is 17.6 Å². The van der Waals surface area contributed by atoms with E-state index in [4.69, 9.17) is 21.6 Å². The Morgan fingerprint density at radius 1 is 1.44 bits per heavy atom. The van der Waals surface area contributed by atoms with E-state index in [1.165, 1.54) is 60.4 Å². The van der Waals surface area contributed by atoms with E-state index in [-0.39, 0.29) is 36.2 Å². The molecule has 0 radical (unpaired) electrons. The van der Waals surface area contributed by atoms with Crippen molar-refractivity contribution in [1.82, 2.24) is 14.9 Å². The highest BCUT2D eigenvalue weighted by atomic mass is 32.2. The average molecular weight is 486 g/mol. The molecule has 1 saturated heterocycles. The summed E-state index contributed by atoms with van der Waals surface area (Å²) in [5, 5.41) is 0.303. The van der Waals surface area contributed by atoms with E-state index in [1.54, 1.807) is 0 Å². The van der Waals surface area contributed by atoms with Gasteiger partial charge in [-0.05, 0) is 23.8 Å². The number of fused-ring (bicyclic) bond motifs is 1. The minimum absolute atomic E-state index is 0.0202. The van der Waals surface area contributed by atoms with Crippen LogP contribution in [0.15, 0.2) is 35.6 Å². The highest BCUT2D eigenvalue weighted by Crippen LogP contribution is 2.46. The van der Waals surface area contributed by atoms with Crippen molar-refractivity contribution in [3.63, 3.8) is 0 Å². The van der Waals surface area contributed by atoms with Crippen LogP contribution < -0.4 is 10.5 Å². The Morgan fingerprint density at radius 2 is 2.26 bits per heavy atom. The Bertz CT molecular complexity index is 1200. The van der Waals surface area contributed by atoms with Gasteiger partial charge >= 0.3 is 6.09 Å². The number of rotatable bonds is 5. The van der Waals surface area contributed by atoms with Gasteiger partial charge in [-0.1, -0.05) is 23.7 Å². The summed E-state index contributed by atoms with van der Waals surface area (Å²) in [6.07, 6.45) is 8.30. The minimum Gasteiger partial charge on any atom is -0.463 e. The lowest BCUT2D eigenvalue weighted by molar-refractivity contribution is 0.130. The maximum Gasteiger partial charge on any atom is 0.409 e. The lowest BCUT2D eigenvalue weighted by atomic mass is 9.81. The van der Waals surface area contributed by atoms with Crippen molar-refractivity contribution >= 4 is 34.9 Å². The van der Waals surface area contributed by atoms with Crippen LogP contribution in [-0.4, -0.2) is 58.7 Å². The molecule has 2 atom stereocenters. The second kappa shape index (κ2) is 9.69. The van der Waals surface area contributed by atoms with E-state index in [1.807, 2.05) is 0 Å². The molecule has 1 aromatic heterocycles. The number of hydrogen-bond donors (Lipinski definition) is 1. The molecular formula is C23H21F2N5O3S. The van der Waals surface area contributed by atoms with Crippen molar-refractivity contribution in [1.29, 1.82) is 0 Å². The van der Waals surface area contributed by atoms with Crippen LogP contribution in [-0.2, 0) is 10.3 Å². The fourth-order valence-corrected chi connectivity index (χ4v) is 5.06. The van der Waals surface area contributed by atoms with Gasteiger partial charge in [0.25, 0.3) is 0 Å². The van der Waals surface area contributed by atoms with Crippen LogP contribution in [0.2, 0.25) is 0 Å². The van der Waals surface area contributed by atoms with Crippen molar-refractivity contribution in [2.45, 2.75) is 5.54 Å². The zero-order valence-electron chi connectivity index (χ0n) is 18.2. The summed E-state index contributed by atoms with van der Waals surface area (Å²) in [6.45, 7) is 0.461. The fraction of sp³-hybridized carbons (Fsp3) is 0.304. The summed E-state index contributed by atoms with van der Waals surface area (Å²) in [5.74, 6) is 1.64. The monoisotopic (exact) mass is 485 g/mol. The number of benzene rings is 1. The zero-order valence-corrected chi connectivity index (χ0v) is 19.0. The lowest BCUT2D eigenvalue weighted by Crippen LogP contribution is -2.41. The Balaban J connectivity index is 1.68. The predicted molar refractivity (Wildman–Crippen MR) is 125 cm³/mol. The molecule has 0 saturated carbocycles. The topological polar surface area (TPSA) is 103 Å². The number of nitrogens with two attached hydrogens (primary N) is 1. The fourth-order valence-electron chi connectivity index (χ4n) is 4.08. The van der Waals surface area contributed by atoms with Crippen molar-refractivity contribution in [2.24, 2.45) is 16.6 Å². The van der Waals surface area contributed by atoms with Crippen LogP contribution >= 0.6 is 11.8 Å². The lowest BCUT2D eigenvalue weighted by Gasteiger charge is -2.34. The second-order valence-electron chi connectivity index (χ2n) is 7.70. The molecule has 11 heteroatoms. The third kappa shape index (κ3) is 4.54. The Hall–Kier alpha value is -3.65. The summed E-state index contributed by atoms with van der Waals surface area (Å²) in [4.78, 5) is 26.2. The molecule has 2 N–H and O–H groups in total. The quantitative estimate of drug-likeness (QED) is 0.650. The number of amidine groups is 1. The molecule has 0 aliphatic carbocycles. The van der Waals surface area contributed by atoms with Gasteiger partial charge in [-0.3, -0.25) is 0 Å². The number of hydrogen-bond acceptors (Lipinski definition) is 8. The summed E-state index contributed by atoms with van der Waals surface area (Å²) < 4.78 is 40.0. The highest BCUT2D eigenvalue weighted by molar-refractivity contribution is 8.13. The molecule has 8 nitrogen and oxygen atoms in total. The SMILES string of the molecule is C#CCOc1cnc(/C(F)=C/c2ccc(F)c([C@]34CN(C(=O)OC)C[C@H]3CSC(N)=N4)c2)cn1. The number of terminal acetylenes is 1. The third-order valence-corrected chi connectivity index (χ3v) is 6.61. The van der Waals surface area contributed by atoms with Gasteiger partial charge in [0, 0.05) is 23.8 Å².